The molecule has 0 aliphatic heterocycles. The van der Waals surface area contributed by atoms with Crippen LogP contribution < -0.4 is 10.9 Å². The van der Waals surface area contributed by atoms with E-state index in [-0.39, 0.29) is 18.4 Å². The monoisotopic (exact) mass is 235 g/mol. The lowest BCUT2D eigenvalue weighted by molar-refractivity contribution is -0.128. The van der Waals surface area contributed by atoms with Crippen molar-refractivity contribution in [2.45, 2.75) is 13.5 Å². The Bertz CT molecular complexity index is 379. The van der Waals surface area contributed by atoms with Crippen LogP contribution in [0.4, 0.5) is 0 Å². The van der Waals surface area contributed by atoms with Gasteiger partial charge in [0.05, 0.1) is 6.54 Å². The van der Waals surface area contributed by atoms with Crippen LogP contribution in [0.2, 0.25) is 0 Å². The molecule has 0 fully saturated rings. The summed E-state index contributed by atoms with van der Waals surface area (Å²) >= 11 is 0. The second-order valence-corrected chi connectivity index (χ2v) is 3.89. The minimum absolute atomic E-state index is 0.231. The molecule has 0 aromatic heterocycles. The van der Waals surface area contributed by atoms with E-state index < -0.39 is 0 Å². The molecule has 5 heteroatoms. The van der Waals surface area contributed by atoms with Gasteiger partial charge < -0.3 is 0 Å². The first-order chi connectivity index (χ1) is 8.08. The topological polar surface area (TPSA) is 61.4 Å². The Kier molecular flexibility index (Phi) is 5.16. The predicted octanol–water partition coefficient (Wildman–Crippen LogP) is 0.286. The lowest BCUT2D eigenvalue weighted by Gasteiger charge is -2.16. The molecule has 0 bridgehead atoms. The van der Waals surface area contributed by atoms with E-state index >= 15 is 0 Å². The van der Waals surface area contributed by atoms with E-state index in [2.05, 4.69) is 10.9 Å². The summed E-state index contributed by atoms with van der Waals surface area (Å²) in [5, 5.41) is 0. The number of rotatable bonds is 4. The Morgan fingerprint density at radius 3 is 2.41 bits per heavy atom. The number of carbonyl (C=O) groups excluding carboxylic acids is 2. The molecule has 92 valence electrons. The van der Waals surface area contributed by atoms with E-state index in [4.69, 9.17) is 0 Å². The maximum atomic E-state index is 11.4. The first-order valence-corrected chi connectivity index (χ1v) is 5.36. The average Bonchev–Trinajstić information content (AvgIpc) is 2.27. The molecule has 17 heavy (non-hydrogen) atoms. The highest BCUT2D eigenvalue weighted by molar-refractivity contribution is 5.81. The van der Waals surface area contributed by atoms with Crippen LogP contribution in [0.1, 0.15) is 12.5 Å². The Morgan fingerprint density at radius 2 is 1.82 bits per heavy atom. The number of nitrogens with zero attached hydrogens (tertiary/aromatic N) is 1. The van der Waals surface area contributed by atoms with Crippen LogP contribution in [0, 0.1) is 0 Å². The first kappa shape index (κ1) is 13.2. The maximum absolute atomic E-state index is 11.4. The molecule has 0 spiro atoms. The van der Waals surface area contributed by atoms with Crippen LogP contribution in [-0.4, -0.2) is 30.3 Å². The number of benzene rings is 1. The van der Waals surface area contributed by atoms with Crippen molar-refractivity contribution in [3.05, 3.63) is 35.9 Å². The normalized spacial score (nSPS) is 10.1. The molecule has 1 aromatic carbocycles. The number of hydrogen-bond acceptors (Lipinski definition) is 3. The summed E-state index contributed by atoms with van der Waals surface area (Å²) in [6, 6.07) is 9.87. The Morgan fingerprint density at radius 1 is 1.18 bits per heavy atom. The highest BCUT2D eigenvalue weighted by Gasteiger charge is 2.06. The Labute approximate surface area is 101 Å². The van der Waals surface area contributed by atoms with Gasteiger partial charge in [-0.2, -0.15) is 0 Å². The average molecular weight is 235 g/mol. The van der Waals surface area contributed by atoms with E-state index in [0.29, 0.717) is 6.54 Å². The maximum Gasteiger partial charge on any atom is 0.252 e. The molecule has 2 amide bonds. The number of nitrogens with one attached hydrogen (secondary N) is 2. The fourth-order valence-corrected chi connectivity index (χ4v) is 1.39. The van der Waals surface area contributed by atoms with Gasteiger partial charge >= 0.3 is 0 Å². The van der Waals surface area contributed by atoms with E-state index in [1.165, 1.54) is 6.92 Å². The number of carbonyl (C=O) groups is 2. The van der Waals surface area contributed by atoms with Gasteiger partial charge in [0.25, 0.3) is 5.91 Å². The molecule has 0 unspecified atom stereocenters. The van der Waals surface area contributed by atoms with Crippen LogP contribution >= 0.6 is 0 Å². The zero-order valence-corrected chi connectivity index (χ0v) is 10.1. The van der Waals surface area contributed by atoms with Gasteiger partial charge in [-0.3, -0.25) is 25.3 Å². The van der Waals surface area contributed by atoms with Gasteiger partial charge in [0.1, 0.15) is 0 Å². The number of amides is 2. The van der Waals surface area contributed by atoms with E-state index in [1.54, 1.807) is 0 Å². The van der Waals surface area contributed by atoms with E-state index in [9.17, 15) is 9.59 Å². The fraction of sp³-hybridized carbons (Fsp3) is 0.333. The molecule has 1 aromatic rings. The zero-order valence-electron chi connectivity index (χ0n) is 10.1. The lowest BCUT2D eigenvalue weighted by atomic mass is 10.2. The van der Waals surface area contributed by atoms with Crippen LogP contribution in [0.5, 0.6) is 0 Å². The first-order valence-electron chi connectivity index (χ1n) is 5.36. The van der Waals surface area contributed by atoms with Gasteiger partial charge in [-0.15, -0.1) is 0 Å². The minimum Gasteiger partial charge on any atom is -0.293 e. The van der Waals surface area contributed by atoms with Gasteiger partial charge in [-0.25, -0.2) is 0 Å². The molecule has 2 N–H and O–H groups in total. The van der Waals surface area contributed by atoms with Crippen molar-refractivity contribution >= 4 is 11.8 Å². The predicted molar refractivity (Wildman–Crippen MR) is 64.7 cm³/mol. The van der Waals surface area contributed by atoms with Crippen molar-refractivity contribution < 1.29 is 9.59 Å². The van der Waals surface area contributed by atoms with Crippen LogP contribution in [0.25, 0.3) is 0 Å². The van der Waals surface area contributed by atoms with Gasteiger partial charge in [0.2, 0.25) is 5.91 Å². The highest BCUT2D eigenvalue weighted by atomic mass is 16.2. The second kappa shape index (κ2) is 6.65. The largest absolute Gasteiger partial charge is 0.293 e. The van der Waals surface area contributed by atoms with Crippen molar-refractivity contribution in [2.75, 3.05) is 13.6 Å². The number of likely N-dealkylation sites (N-methyl/N-ethyl adjacent to an activating group) is 1. The quantitative estimate of drug-likeness (QED) is 0.737. The third-order valence-corrected chi connectivity index (χ3v) is 2.09. The fourth-order valence-electron chi connectivity index (χ4n) is 1.39. The van der Waals surface area contributed by atoms with Crippen molar-refractivity contribution in [1.29, 1.82) is 0 Å². The highest BCUT2D eigenvalue weighted by Crippen LogP contribution is 2.01. The summed E-state index contributed by atoms with van der Waals surface area (Å²) in [5.74, 6) is -0.525. The minimum atomic E-state index is -0.288. The molecule has 0 atom stereocenters. The van der Waals surface area contributed by atoms with E-state index in [1.807, 2.05) is 42.3 Å². The smallest absolute Gasteiger partial charge is 0.252 e. The summed E-state index contributed by atoms with van der Waals surface area (Å²) in [6.45, 7) is 2.26. The summed E-state index contributed by atoms with van der Waals surface area (Å²) in [5.41, 5.74) is 5.71. The van der Waals surface area contributed by atoms with Gasteiger partial charge in [-0.1, -0.05) is 30.3 Å². The standard InChI is InChI=1S/C12H17N3O2/c1-10(16)13-14-12(17)9-15(2)8-11-6-4-3-5-7-11/h3-7H,8-9H2,1-2H3,(H,13,16)(H,14,17). The third-order valence-electron chi connectivity index (χ3n) is 2.09. The van der Waals surface area contributed by atoms with Gasteiger partial charge in [0.15, 0.2) is 0 Å². The third kappa shape index (κ3) is 5.67. The Hall–Kier alpha value is -1.88. The van der Waals surface area contributed by atoms with Crippen molar-refractivity contribution in [1.82, 2.24) is 15.8 Å². The molecular formula is C12H17N3O2. The van der Waals surface area contributed by atoms with Crippen LogP contribution in [0.15, 0.2) is 30.3 Å². The summed E-state index contributed by atoms with van der Waals surface area (Å²) in [7, 11) is 1.85. The molecule has 0 aliphatic rings. The molecule has 0 saturated heterocycles. The number of hydrazine groups is 1. The summed E-state index contributed by atoms with van der Waals surface area (Å²) in [6.07, 6.45) is 0. The van der Waals surface area contributed by atoms with Crippen molar-refractivity contribution in [3.63, 3.8) is 0 Å². The lowest BCUT2D eigenvalue weighted by Crippen LogP contribution is -2.44. The zero-order chi connectivity index (χ0) is 12.7. The number of hydrogen-bond donors (Lipinski definition) is 2. The molecular weight excluding hydrogens is 218 g/mol. The van der Waals surface area contributed by atoms with Crippen molar-refractivity contribution in [2.24, 2.45) is 0 Å². The SMILES string of the molecule is CC(=O)NNC(=O)CN(C)Cc1ccccc1. The molecule has 1 rings (SSSR count). The van der Waals surface area contributed by atoms with Gasteiger partial charge in [-0.05, 0) is 12.6 Å². The molecule has 0 radical (unpaired) electrons. The Balaban J connectivity index is 2.32. The van der Waals surface area contributed by atoms with Crippen LogP contribution in [-0.2, 0) is 16.1 Å². The van der Waals surface area contributed by atoms with E-state index in [0.717, 1.165) is 5.56 Å². The van der Waals surface area contributed by atoms with Crippen molar-refractivity contribution in [3.8, 4) is 0 Å². The molecule has 0 aliphatic carbocycles. The summed E-state index contributed by atoms with van der Waals surface area (Å²) in [4.78, 5) is 23.8. The molecule has 0 heterocycles. The molecule has 5 nitrogen and oxygen atoms in total. The van der Waals surface area contributed by atoms with Crippen LogP contribution in [0.3, 0.4) is 0 Å². The molecule has 0 saturated carbocycles. The van der Waals surface area contributed by atoms with Gasteiger partial charge in [0, 0.05) is 13.5 Å². The summed E-state index contributed by atoms with van der Waals surface area (Å²) < 4.78 is 0. The second-order valence-electron chi connectivity index (χ2n) is 3.89.